The van der Waals surface area contributed by atoms with Crippen molar-refractivity contribution in [1.29, 1.82) is 0 Å². The second-order valence-corrected chi connectivity index (χ2v) is 4.24. The van der Waals surface area contributed by atoms with Gasteiger partial charge in [0.25, 0.3) is 0 Å². The van der Waals surface area contributed by atoms with Gasteiger partial charge in [-0.05, 0) is 6.42 Å². The molecule has 0 N–H and O–H groups in total. The van der Waals surface area contributed by atoms with Crippen molar-refractivity contribution in [2.24, 2.45) is 0 Å². The van der Waals surface area contributed by atoms with Crippen molar-refractivity contribution < 1.29 is 14.2 Å². The van der Waals surface area contributed by atoms with Gasteiger partial charge in [-0.2, -0.15) is 4.98 Å². The minimum atomic E-state index is 0.349. The molecule has 1 aliphatic heterocycles. The Balaban J connectivity index is 2.09. The molecular weight excluding hydrogens is 234 g/mol. The third kappa shape index (κ3) is 1.78. The van der Waals surface area contributed by atoms with Crippen LogP contribution in [0, 0.1) is 0 Å². The molecule has 3 rings (SSSR count). The molecule has 0 spiro atoms. The molecule has 1 unspecified atom stereocenters. The summed E-state index contributed by atoms with van der Waals surface area (Å²) in [5.41, 5.74) is 0.992. The number of hydrogen-bond acceptors (Lipinski definition) is 5. The highest BCUT2D eigenvalue weighted by Gasteiger charge is 2.22. The number of nitrogens with zero attached hydrogens (tertiary/aromatic N) is 3. The third-order valence-electron chi connectivity index (χ3n) is 3.17. The summed E-state index contributed by atoms with van der Waals surface area (Å²) < 4.78 is 17.7. The summed E-state index contributed by atoms with van der Waals surface area (Å²) in [6.07, 6.45) is 2.96. The van der Waals surface area contributed by atoms with Crippen LogP contribution in [-0.4, -0.2) is 41.8 Å². The molecule has 1 aliphatic rings. The van der Waals surface area contributed by atoms with Gasteiger partial charge >= 0.3 is 0 Å². The Morgan fingerprint density at radius 1 is 1.33 bits per heavy atom. The van der Waals surface area contributed by atoms with E-state index in [9.17, 15) is 0 Å². The predicted octanol–water partition coefficient (Wildman–Crippen LogP) is 1.25. The lowest BCUT2D eigenvalue weighted by Gasteiger charge is -2.05. The van der Waals surface area contributed by atoms with Crippen molar-refractivity contribution in [3.05, 3.63) is 18.0 Å². The average molecular weight is 249 g/mol. The van der Waals surface area contributed by atoms with E-state index in [1.807, 2.05) is 10.6 Å². The van der Waals surface area contributed by atoms with Crippen LogP contribution in [0.15, 0.2) is 12.3 Å². The second kappa shape index (κ2) is 4.45. The number of ether oxygens (including phenoxy) is 3. The molecule has 0 aromatic carbocycles. The largest absolute Gasteiger partial charge is 0.482 e. The van der Waals surface area contributed by atoms with Gasteiger partial charge in [-0.1, -0.05) is 0 Å². The number of hydrogen-bond donors (Lipinski definition) is 0. The van der Waals surface area contributed by atoms with E-state index in [0.717, 1.165) is 25.3 Å². The molecule has 2 aromatic rings. The summed E-state index contributed by atoms with van der Waals surface area (Å²) >= 11 is 0. The molecule has 0 saturated carbocycles. The number of aromatic nitrogens is 3. The Kier molecular flexibility index (Phi) is 2.79. The van der Waals surface area contributed by atoms with Crippen LogP contribution in [-0.2, 0) is 4.74 Å². The van der Waals surface area contributed by atoms with Gasteiger partial charge in [-0.3, -0.25) is 4.40 Å². The minimum Gasteiger partial charge on any atom is -0.482 e. The van der Waals surface area contributed by atoms with E-state index < -0.39 is 0 Å². The van der Waals surface area contributed by atoms with Gasteiger partial charge < -0.3 is 14.2 Å². The number of methoxy groups -OCH3 is 2. The Labute approximate surface area is 105 Å². The Morgan fingerprint density at radius 3 is 2.89 bits per heavy atom. The minimum absolute atomic E-state index is 0.349. The summed E-state index contributed by atoms with van der Waals surface area (Å²) in [7, 11) is 3.19. The van der Waals surface area contributed by atoms with Crippen molar-refractivity contribution in [1.82, 2.24) is 14.4 Å². The maximum absolute atomic E-state index is 5.38. The maximum Gasteiger partial charge on any atom is 0.240 e. The van der Waals surface area contributed by atoms with E-state index >= 15 is 0 Å². The van der Waals surface area contributed by atoms with Crippen LogP contribution in [0.1, 0.15) is 18.0 Å². The van der Waals surface area contributed by atoms with Gasteiger partial charge in [0.15, 0.2) is 0 Å². The Bertz CT molecular complexity index is 561. The van der Waals surface area contributed by atoms with E-state index in [1.165, 1.54) is 0 Å². The predicted molar refractivity (Wildman–Crippen MR) is 64.3 cm³/mol. The summed E-state index contributed by atoms with van der Waals surface area (Å²) in [4.78, 5) is 8.83. The molecule has 6 nitrogen and oxygen atoms in total. The zero-order valence-electron chi connectivity index (χ0n) is 10.4. The standard InChI is InChI=1S/C12H15N3O3/c1-16-10-5-11(17-2)15-6-9(13-12(15)14-10)8-3-4-18-7-8/h5-6,8H,3-4,7H2,1-2H3. The van der Waals surface area contributed by atoms with Gasteiger partial charge in [-0.25, -0.2) is 4.98 Å². The fourth-order valence-corrected chi connectivity index (χ4v) is 2.16. The van der Waals surface area contributed by atoms with E-state index in [-0.39, 0.29) is 0 Å². The van der Waals surface area contributed by atoms with E-state index in [0.29, 0.717) is 23.5 Å². The first-order valence-electron chi connectivity index (χ1n) is 5.87. The quantitative estimate of drug-likeness (QED) is 0.819. The van der Waals surface area contributed by atoms with Crippen molar-refractivity contribution in [2.45, 2.75) is 12.3 Å². The van der Waals surface area contributed by atoms with Gasteiger partial charge in [-0.15, -0.1) is 0 Å². The first-order chi connectivity index (χ1) is 8.81. The number of fused-ring (bicyclic) bond motifs is 1. The van der Waals surface area contributed by atoms with Gasteiger partial charge in [0.1, 0.15) is 0 Å². The molecule has 1 saturated heterocycles. The monoisotopic (exact) mass is 249 g/mol. The van der Waals surface area contributed by atoms with Crippen LogP contribution in [0.25, 0.3) is 5.78 Å². The van der Waals surface area contributed by atoms with Crippen LogP contribution >= 0.6 is 0 Å². The highest BCUT2D eigenvalue weighted by molar-refractivity contribution is 5.40. The van der Waals surface area contributed by atoms with Gasteiger partial charge in [0.05, 0.1) is 32.6 Å². The van der Waals surface area contributed by atoms with Crippen molar-refractivity contribution in [3.8, 4) is 11.8 Å². The van der Waals surface area contributed by atoms with Crippen LogP contribution < -0.4 is 9.47 Å². The second-order valence-electron chi connectivity index (χ2n) is 4.24. The molecule has 96 valence electrons. The molecule has 3 heterocycles. The lowest BCUT2D eigenvalue weighted by atomic mass is 10.1. The molecule has 0 amide bonds. The number of rotatable bonds is 3. The van der Waals surface area contributed by atoms with Crippen LogP contribution in [0.4, 0.5) is 0 Å². The normalized spacial score (nSPS) is 19.3. The highest BCUT2D eigenvalue weighted by Crippen LogP contribution is 2.27. The van der Waals surface area contributed by atoms with Crippen molar-refractivity contribution in [3.63, 3.8) is 0 Å². The zero-order chi connectivity index (χ0) is 12.5. The first kappa shape index (κ1) is 11.3. The highest BCUT2D eigenvalue weighted by atomic mass is 16.5. The Morgan fingerprint density at radius 2 is 2.22 bits per heavy atom. The third-order valence-corrected chi connectivity index (χ3v) is 3.17. The van der Waals surface area contributed by atoms with Crippen LogP contribution in [0.3, 0.4) is 0 Å². The smallest absolute Gasteiger partial charge is 0.240 e. The Hall–Kier alpha value is -1.82. The molecule has 1 fully saturated rings. The van der Waals surface area contributed by atoms with Crippen molar-refractivity contribution >= 4 is 5.78 Å². The zero-order valence-corrected chi connectivity index (χ0v) is 10.4. The van der Waals surface area contributed by atoms with E-state index in [4.69, 9.17) is 14.2 Å². The molecule has 1 atom stereocenters. The summed E-state index contributed by atoms with van der Waals surface area (Å²) in [6.45, 7) is 1.52. The van der Waals surface area contributed by atoms with Gasteiger partial charge in [0, 0.05) is 18.7 Å². The van der Waals surface area contributed by atoms with Crippen LogP contribution in [0.2, 0.25) is 0 Å². The summed E-state index contributed by atoms with van der Waals surface area (Å²) in [5, 5.41) is 0. The molecule has 18 heavy (non-hydrogen) atoms. The van der Waals surface area contributed by atoms with E-state index in [1.54, 1.807) is 20.3 Å². The summed E-state index contributed by atoms with van der Waals surface area (Å²) in [5.74, 6) is 2.10. The fourth-order valence-electron chi connectivity index (χ4n) is 2.16. The fraction of sp³-hybridized carbons (Fsp3) is 0.500. The summed E-state index contributed by atoms with van der Waals surface area (Å²) in [6, 6.07) is 1.74. The van der Waals surface area contributed by atoms with Crippen molar-refractivity contribution in [2.75, 3.05) is 27.4 Å². The molecule has 0 bridgehead atoms. The molecule has 6 heteroatoms. The SMILES string of the molecule is COc1cc(OC)n2cc(C3CCOC3)nc2n1. The topological polar surface area (TPSA) is 57.9 Å². The molecule has 0 aliphatic carbocycles. The lowest BCUT2D eigenvalue weighted by Crippen LogP contribution is -1.97. The average Bonchev–Trinajstić information content (AvgIpc) is 3.05. The molecular formula is C12H15N3O3. The van der Waals surface area contributed by atoms with Crippen LogP contribution in [0.5, 0.6) is 11.8 Å². The lowest BCUT2D eigenvalue weighted by molar-refractivity contribution is 0.193. The molecule has 0 radical (unpaired) electrons. The van der Waals surface area contributed by atoms with Gasteiger partial charge in [0.2, 0.25) is 17.5 Å². The number of imidazole rings is 1. The maximum atomic E-state index is 5.38. The molecule has 2 aromatic heterocycles. The first-order valence-corrected chi connectivity index (χ1v) is 5.87. The van der Waals surface area contributed by atoms with E-state index in [2.05, 4.69) is 9.97 Å².